The Bertz CT molecular complexity index is 670. The molecule has 1 heterocycles. The summed E-state index contributed by atoms with van der Waals surface area (Å²) in [6.45, 7) is 8.05. The first-order valence-electron chi connectivity index (χ1n) is 7.25. The molecule has 1 aliphatic heterocycles. The second-order valence-electron chi connectivity index (χ2n) is 5.85. The second-order valence-corrected chi connectivity index (χ2v) is 7.62. The molecule has 1 amide bonds. The fourth-order valence-corrected chi connectivity index (χ4v) is 3.39. The molecule has 7 heteroatoms. The summed E-state index contributed by atoms with van der Waals surface area (Å²) in [6, 6.07) is 5.03. The van der Waals surface area contributed by atoms with E-state index >= 15 is 0 Å². The lowest BCUT2D eigenvalue weighted by atomic mass is 10.1. The standard InChI is InChI=1S/C15H22N2O4S/c1-10(2)17-9-13(21-15(17)18)8-16-22(19,20)14-6-5-11(3)12(4)7-14/h5-7,10,13,16H,8-9H2,1-4H3. The Kier molecular flexibility index (Phi) is 4.77. The number of hydrogen-bond acceptors (Lipinski definition) is 4. The van der Waals surface area contributed by atoms with Crippen LogP contribution in [0.2, 0.25) is 0 Å². The normalized spacial score (nSPS) is 18.9. The maximum absolute atomic E-state index is 12.3. The first-order valence-corrected chi connectivity index (χ1v) is 8.73. The highest BCUT2D eigenvalue weighted by Gasteiger charge is 2.33. The molecule has 0 aromatic heterocycles. The lowest BCUT2D eigenvalue weighted by molar-refractivity contribution is 0.130. The quantitative estimate of drug-likeness (QED) is 0.895. The molecule has 1 aromatic rings. The summed E-state index contributed by atoms with van der Waals surface area (Å²) in [5, 5.41) is 0. The van der Waals surface area contributed by atoms with Crippen molar-refractivity contribution in [3.05, 3.63) is 29.3 Å². The van der Waals surface area contributed by atoms with E-state index in [1.54, 1.807) is 23.1 Å². The fraction of sp³-hybridized carbons (Fsp3) is 0.533. The van der Waals surface area contributed by atoms with Crippen molar-refractivity contribution in [1.82, 2.24) is 9.62 Å². The van der Waals surface area contributed by atoms with Crippen molar-refractivity contribution in [3.63, 3.8) is 0 Å². The van der Waals surface area contributed by atoms with E-state index in [4.69, 9.17) is 4.74 Å². The molecule has 1 unspecified atom stereocenters. The number of cyclic esters (lactones) is 1. The highest BCUT2D eigenvalue weighted by atomic mass is 32.2. The number of nitrogens with zero attached hydrogens (tertiary/aromatic N) is 1. The molecule has 0 spiro atoms. The molecular formula is C15H22N2O4S. The van der Waals surface area contributed by atoms with Gasteiger partial charge in [0.1, 0.15) is 6.10 Å². The van der Waals surface area contributed by atoms with Crippen LogP contribution in [-0.4, -0.2) is 44.6 Å². The smallest absolute Gasteiger partial charge is 0.410 e. The van der Waals surface area contributed by atoms with E-state index < -0.39 is 22.2 Å². The zero-order chi connectivity index (χ0) is 16.5. The summed E-state index contributed by atoms with van der Waals surface area (Å²) >= 11 is 0. The minimum atomic E-state index is -3.60. The number of carbonyl (C=O) groups is 1. The van der Waals surface area contributed by atoms with Crippen LogP contribution in [0.4, 0.5) is 4.79 Å². The van der Waals surface area contributed by atoms with Gasteiger partial charge in [0.05, 0.1) is 11.4 Å². The second kappa shape index (κ2) is 6.26. The van der Waals surface area contributed by atoms with E-state index in [9.17, 15) is 13.2 Å². The molecule has 122 valence electrons. The van der Waals surface area contributed by atoms with Crippen molar-refractivity contribution in [1.29, 1.82) is 0 Å². The van der Waals surface area contributed by atoms with E-state index in [1.807, 2.05) is 27.7 Å². The van der Waals surface area contributed by atoms with Crippen molar-refractivity contribution in [3.8, 4) is 0 Å². The Morgan fingerprint density at radius 2 is 2.00 bits per heavy atom. The molecule has 1 saturated heterocycles. The fourth-order valence-electron chi connectivity index (χ4n) is 2.24. The molecule has 0 saturated carbocycles. The Balaban J connectivity index is 2.02. The number of hydrogen-bond donors (Lipinski definition) is 1. The van der Waals surface area contributed by atoms with Crippen LogP contribution >= 0.6 is 0 Å². The third-order valence-electron chi connectivity index (χ3n) is 3.82. The van der Waals surface area contributed by atoms with Gasteiger partial charge in [0.25, 0.3) is 0 Å². The summed E-state index contributed by atoms with van der Waals surface area (Å²) in [6.07, 6.45) is -0.860. The van der Waals surface area contributed by atoms with Crippen LogP contribution in [0.3, 0.4) is 0 Å². The van der Waals surface area contributed by atoms with Crippen molar-refractivity contribution in [2.24, 2.45) is 0 Å². The third-order valence-corrected chi connectivity index (χ3v) is 5.24. The van der Waals surface area contributed by atoms with Gasteiger partial charge in [0.2, 0.25) is 10.0 Å². The monoisotopic (exact) mass is 326 g/mol. The number of rotatable bonds is 5. The van der Waals surface area contributed by atoms with Crippen molar-refractivity contribution in [2.75, 3.05) is 13.1 Å². The van der Waals surface area contributed by atoms with Crippen molar-refractivity contribution >= 4 is 16.1 Å². The molecule has 0 aliphatic carbocycles. The average molecular weight is 326 g/mol. The van der Waals surface area contributed by atoms with Gasteiger partial charge >= 0.3 is 6.09 Å². The van der Waals surface area contributed by atoms with Gasteiger partial charge in [-0.1, -0.05) is 6.07 Å². The highest BCUT2D eigenvalue weighted by molar-refractivity contribution is 7.89. The Morgan fingerprint density at radius 3 is 2.55 bits per heavy atom. The van der Waals surface area contributed by atoms with E-state index in [0.29, 0.717) is 6.54 Å². The van der Waals surface area contributed by atoms with Crippen LogP contribution in [0, 0.1) is 13.8 Å². The maximum atomic E-state index is 12.3. The molecule has 0 bridgehead atoms. The van der Waals surface area contributed by atoms with Gasteiger partial charge in [-0.2, -0.15) is 0 Å². The van der Waals surface area contributed by atoms with E-state index in [-0.39, 0.29) is 17.5 Å². The first-order chi connectivity index (χ1) is 10.2. The van der Waals surface area contributed by atoms with Crippen LogP contribution in [0.5, 0.6) is 0 Å². The zero-order valence-corrected chi connectivity index (χ0v) is 14.1. The predicted octanol–water partition coefficient (Wildman–Crippen LogP) is 1.81. The van der Waals surface area contributed by atoms with Crippen molar-refractivity contribution in [2.45, 2.75) is 44.7 Å². The molecule has 1 N–H and O–H groups in total. The summed E-state index contributed by atoms with van der Waals surface area (Å²) in [5.41, 5.74) is 1.96. The maximum Gasteiger partial charge on any atom is 0.410 e. The number of nitrogens with one attached hydrogen (secondary N) is 1. The number of amides is 1. The number of sulfonamides is 1. The van der Waals surface area contributed by atoms with Crippen LogP contribution in [0.15, 0.2) is 23.1 Å². The SMILES string of the molecule is Cc1ccc(S(=O)(=O)NCC2CN(C(C)C)C(=O)O2)cc1C. The largest absolute Gasteiger partial charge is 0.443 e. The third kappa shape index (κ3) is 3.59. The average Bonchev–Trinajstić information content (AvgIpc) is 2.81. The number of aryl methyl sites for hydroxylation is 2. The number of benzene rings is 1. The lowest BCUT2D eigenvalue weighted by Crippen LogP contribution is -2.36. The van der Waals surface area contributed by atoms with Gasteiger partial charge in [-0.3, -0.25) is 0 Å². The Hall–Kier alpha value is -1.60. The molecular weight excluding hydrogens is 304 g/mol. The van der Waals surface area contributed by atoms with Gasteiger partial charge in [0.15, 0.2) is 0 Å². The predicted molar refractivity (Wildman–Crippen MR) is 83.2 cm³/mol. The molecule has 6 nitrogen and oxygen atoms in total. The zero-order valence-electron chi connectivity index (χ0n) is 13.3. The minimum Gasteiger partial charge on any atom is -0.443 e. The van der Waals surface area contributed by atoms with Crippen LogP contribution in [-0.2, 0) is 14.8 Å². The van der Waals surface area contributed by atoms with Gasteiger partial charge in [-0.25, -0.2) is 17.9 Å². The van der Waals surface area contributed by atoms with Crippen LogP contribution in [0.1, 0.15) is 25.0 Å². The summed E-state index contributed by atoms with van der Waals surface area (Å²) < 4.78 is 32.2. The Morgan fingerprint density at radius 1 is 1.32 bits per heavy atom. The molecule has 1 aromatic carbocycles. The van der Waals surface area contributed by atoms with E-state index in [0.717, 1.165) is 11.1 Å². The molecule has 0 radical (unpaired) electrons. The topological polar surface area (TPSA) is 75.7 Å². The van der Waals surface area contributed by atoms with Gasteiger partial charge < -0.3 is 9.64 Å². The molecule has 1 fully saturated rings. The first kappa shape index (κ1) is 16.8. The highest BCUT2D eigenvalue weighted by Crippen LogP contribution is 2.17. The van der Waals surface area contributed by atoms with Crippen LogP contribution in [0.25, 0.3) is 0 Å². The molecule has 1 atom stereocenters. The van der Waals surface area contributed by atoms with Gasteiger partial charge in [-0.05, 0) is 51.0 Å². The van der Waals surface area contributed by atoms with Gasteiger partial charge in [-0.15, -0.1) is 0 Å². The lowest BCUT2D eigenvalue weighted by Gasteiger charge is -2.17. The Labute approximate surface area is 131 Å². The number of ether oxygens (including phenoxy) is 1. The molecule has 1 aliphatic rings. The minimum absolute atomic E-state index is 0.0360. The molecule has 2 rings (SSSR count). The van der Waals surface area contributed by atoms with E-state index in [1.165, 1.54) is 0 Å². The summed E-state index contributed by atoms with van der Waals surface area (Å²) in [4.78, 5) is 13.4. The van der Waals surface area contributed by atoms with Crippen molar-refractivity contribution < 1.29 is 17.9 Å². The summed E-state index contributed by atoms with van der Waals surface area (Å²) in [5.74, 6) is 0. The van der Waals surface area contributed by atoms with Gasteiger partial charge in [0, 0.05) is 12.6 Å². The molecule has 22 heavy (non-hydrogen) atoms. The van der Waals surface area contributed by atoms with Crippen LogP contribution < -0.4 is 4.72 Å². The van der Waals surface area contributed by atoms with E-state index in [2.05, 4.69) is 4.72 Å². The summed E-state index contributed by atoms with van der Waals surface area (Å²) in [7, 11) is -3.60. The number of carbonyl (C=O) groups excluding carboxylic acids is 1.